The van der Waals surface area contributed by atoms with Gasteiger partial charge in [-0.3, -0.25) is 0 Å². The monoisotopic (exact) mass is 198 g/mol. The molecule has 0 fully saturated rings. The quantitative estimate of drug-likeness (QED) is 0.692. The molecule has 4 nitrogen and oxygen atoms in total. The van der Waals surface area contributed by atoms with E-state index in [0.29, 0.717) is 19.8 Å². The molecule has 0 aromatic carbocycles. The van der Waals surface area contributed by atoms with Gasteiger partial charge < -0.3 is 9.47 Å². The van der Waals surface area contributed by atoms with Crippen molar-refractivity contribution in [2.75, 3.05) is 19.8 Å². The van der Waals surface area contributed by atoms with Crippen molar-refractivity contribution in [1.29, 1.82) is 0 Å². The summed E-state index contributed by atoms with van der Waals surface area (Å²) in [4.78, 5) is 8.74. The lowest BCUT2D eigenvalue weighted by Crippen LogP contribution is -2.29. The van der Waals surface area contributed by atoms with Gasteiger partial charge in [-0.05, 0) is 20.3 Å². The van der Waals surface area contributed by atoms with Crippen LogP contribution in [0.3, 0.4) is 0 Å². The Labute approximate surface area is 85.0 Å². The van der Waals surface area contributed by atoms with Crippen LogP contribution in [0.15, 0.2) is 9.98 Å². The Hall–Kier alpha value is -1.06. The van der Waals surface area contributed by atoms with Gasteiger partial charge in [0.05, 0.1) is 13.2 Å². The molecule has 14 heavy (non-hydrogen) atoms. The van der Waals surface area contributed by atoms with E-state index in [4.69, 9.17) is 9.47 Å². The first-order valence-corrected chi connectivity index (χ1v) is 5.18. The molecule has 1 aliphatic heterocycles. The molecule has 0 unspecified atom stereocenters. The Kier molecular flexibility index (Phi) is 4.43. The van der Waals surface area contributed by atoms with E-state index in [0.717, 1.165) is 18.2 Å². The predicted molar refractivity (Wildman–Crippen MR) is 57.1 cm³/mol. The Morgan fingerprint density at radius 3 is 2.50 bits per heavy atom. The fraction of sp³-hybridized carbons (Fsp3) is 0.800. The lowest BCUT2D eigenvalue weighted by Gasteiger charge is -2.19. The van der Waals surface area contributed by atoms with E-state index >= 15 is 0 Å². The van der Waals surface area contributed by atoms with Crippen LogP contribution >= 0.6 is 0 Å². The molecule has 0 radical (unpaired) electrons. The van der Waals surface area contributed by atoms with Crippen molar-refractivity contribution in [1.82, 2.24) is 0 Å². The van der Waals surface area contributed by atoms with Gasteiger partial charge in [0.1, 0.15) is 12.6 Å². The largest absolute Gasteiger partial charge is 0.480 e. The highest BCUT2D eigenvalue weighted by molar-refractivity contribution is 5.91. The van der Waals surface area contributed by atoms with Crippen molar-refractivity contribution in [3.05, 3.63) is 0 Å². The van der Waals surface area contributed by atoms with Crippen molar-refractivity contribution in [2.24, 2.45) is 9.98 Å². The van der Waals surface area contributed by atoms with E-state index in [1.54, 1.807) is 0 Å². The molecule has 0 saturated heterocycles. The molecular formula is C10H18N2O2. The SMILES string of the molecule is CCOC1=N[C@@H](CC)C(OCC)=NC1. The van der Waals surface area contributed by atoms with Gasteiger partial charge in [0, 0.05) is 0 Å². The zero-order valence-electron chi connectivity index (χ0n) is 9.12. The summed E-state index contributed by atoms with van der Waals surface area (Å²) in [5.41, 5.74) is 0. The third-order valence-corrected chi connectivity index (χ3v) is 1.94. The molecule has 0 N–H and O–H groups in total. The van der Waals surface area contributed by atoms with E-state index in [1.165, 1.54) is 0 Å². The second-order valence-corrected chi connectivity index (χ2v) is 2.97. The third-order valence-electron chi connectivity index (χ3n) is 1.94. The molecule has 0 aromatic rings. The average Bonchev–Trinajstić information content (AvgIpc) is 2.21. The highest BCUT2D eigenvalue weighted by Gasteiger charge is 2.20. The van der Waals surface area contributed by atoms with Gasteiger partial charge in [0.25, 0.3) is 0 Å². The van der Waals surface area contributed by atoms with Crippen LogP contribution in [0.25, 0.3) is 0 Å². The molecule has 0 bridgehead atoms. The van der Waals surface area contributed by atoms with E-state index in [9.17, 15) is 0 Å². The Morgan fingerprint density at radius 1 is 1.21 bits per heavy atom. The summed E-state index contributed by atoms with van der Waals surface area (Å²) in [5.74, 6) is 1.47. The first-order chi connectivity index (χ1) is 6.81. The summed E-state index contributed by atoms with van der Waals surface area (Å²) < 4.78 is 10.7. The van der Waals surface area contributed by atoms with Crippen LogP contribution in [0.5, 0.6) is 0 Å². The normalized spacial score (nSPS) is 21.2. The predicted octanol–water partition coefficient (Wildman–Crippen LogP) is 1.65. The maximum Gasteiger partial charge on any atom is 0.209 e. The van der Waals surface area contributed by atoms with Gasteiger partial charge >= 0.3 is 0 Å². The van der Waals surface area contributed by atoms with E-state index in [2.05, 4.69) is 16.9 Å². The van der Waals surface area contributed by atoms with Crippen LogP contribution in [0.4, 0.5) is 0 Å². The molecule has 0 saturated carbocycles. The maximum absolute atomic E-state index is 5.40. The summed E-state index contributed by atoms with van der Waals surface area (Å²) >= 11 is 0. The summed E-state index contributed by atoms with van der Waals surface area (Å²) in [6.45, 7) is 7.78. The highest BCUT2D eigenvalue weighted by atomic mass is 16.5. The van der Waals surface area contributed by atoms with Gasteiger partial charge in [-0.15, -0.1) is 0 Å². The minimum absolute atomic E-state index is 0.0465. The molecule has 1 rings (SSSR count). The first kappa shape index (κ1) is 11.0. The highest BCUT2D eigenvalue weighted by Crippen LogP contribution is 2.09. The van der Waals surface area contributed by atoms with Crippen LogP contribution in [-0.2, 0) is 9.47 Å². The summed E-state index contributed by atoms with van der Waals surface area (Å²) in [6, 6.07) is 0.0465. The number of nitrogens with zero attached hydrogens (tertiary/aromatic N) is 2. The molecule has 0 aliphatic carbocycles. The molecule has 80 valence electrons. The third kappa shape index (κ3) is 2.72. The smallest absolute Gasteiger partial charge is 0.209 e. The van der Waals surface area contributed by atoms with Gasteiger partial charge in [0.15, 0.2) is 0 Å². The van der Waals surface area contributed by atoms with Crippen molar-refractivity contribution in [3.63, 3.8) is 0 Å². The molecule has 0 spiro atoms. The lowest BCUT2D eigenvalue weighted by molar-refractivity contribution is 0.293. The zero-order chi connectivity index (χ0) is 10.4. The van der Waals surface area contributed by atoms with Crippen molar-refractivity contribution in [2.45, 2.75) is 33.2 Å². The standard InChI is InChI=1S/C10H18N2O2/c1-4-8-10(14-6-3)11-7-9(12-8)13-5-2/h8H,4-7H2,1-3H3/t8-/m0/s1. The average molecular weight is 198 g/mol. The second-order valence-electron chi connectivity index (χ2n) is 2.97. The van der Waals surface area contributed by atoms with Gasteiger partial charge in [-0.1, -0.05) is 6.92 Å². The molecule has 0 aromatic heterocycles. The van der Waals surface area contributed by atoms with E-state index < -0.39 is 0 Å². The summed E-state index contributed by atoms with van der Waals surface area (Å²) in [7, 11) is 0. The van der Waals surface area contributed by atoms with Crippen LogP contribution in [0.1, 0.15) is 27.2 Å². The van der Waals surface area contributed by atoms with Crippen LogP contribution in [0, 0.1) is 0 Å². The number of hydrogen-bond acceptors (Lipinski definition) is 4. The summed E-state index contributed by atoms with van der Waals surface area (Å²) in [5, 5.41) is 0. The minimum Gasteiger partial charge on any atom is -0.480 e. The minimum atomic E-state index is 0.0465. The molecular weight excluding hydrogens is 180 g/mol. The van der Waals surface area contributed by atoms with Crippen molar-refractivity contribution >= 4 is 11.8 Å². The van der Waals surface area contributed by atoms with Crippen molar-refractivity contribution < 1.29 is 9.47 Å². The fourth-order valence-electron chi connectivity index (χ4n) is 1.33. The molecule has 1 aliphatic rings. The molecule has 1 atom stereocenters. The number of rotatable bonds is 3. The molecule has 1 heterocycles. The fourth-order valence-corrected chi connectivity index (χ4v) is 1.33. The van der Waals surface area contributed by atoms with Gasteiger partial charge in [-0.2, -0.15) is 0 Å². The van der Waals surface area contributed by atoms with E-state index in [1.807, 2.05) is 13.8 Å². The summed E-state index contributed by atoms with van der Waals surface area (Å²) in [6.07, 6.45) is 0.898. The van der Waals surface area contributed by atoms with Gasteiger partial charge in [-0.25, -0.2) is 9.98 Å². The Bertz CT molecular complexity index is 236. The number of aliphatic imine (C=N–C) groups is 2. The topological polar surface area (TPSA) is 43.2 Å². The Morgan fingerprint density at radius 2 is 1.93 bits per heavy atom. The molecule has 0 amide bonds. The van der Waals surface area contributed by atoms with Crippen LogP contribution < -0.4 is 0 Å². The lowest BCUT2D eigenvalue weighted by atomic mass is 10.2. The second kappa shape index (κ2) is 5.62. The number of ether oxygens (including phenoxy) is 2. The maximum atomic E-state index is 5.40. The van der Waals surface area contributed by atoms with Crippen LogP contribution in [0.2, 0.25) is 0 Å². The Balaban J connectivity index is 2.59. The van der Waals surface area contributed by atoms with Crippen LogP contribution in [-0.4, -0.2) is 37.6 Å². The first-order valence-electron chi connectivity index (χ1n) is 5.18. The van der Waals surface area contributed by atoms with E-state index in [-0.39, 0.29) is 6.04 Å². The van der Waals surface area contributed by atoms with Gasteiger partial charge in [0.2, 0.25) is 11.8 Å². The number of hydrogen-bond donors (Lipinski definition) is 0. The molecule has 4 heteroatoms. The zero-order valence-corrected chi connectivity index (χ0v) is 9.12. The van der Waals surface area contributed by atoms with Crippen molar-refractivity contribution in [3.8, 4) is 0 Å².